The lowest BCUT2D eigenvalue weighted by atomic mass is 10.0. The Hall–Kier alpha value is -1.58. The topological polar surface area (TPSA) is 34.1 Å². The fourth-order valence-electron chi connectivity index (χ4n) is 1.28. The predicted molar refractivity (Wildman–Crippen MR) is 55.5 cm³/mol. The van der Waals surface area contributed by atoms with E-state index in [1.54, 1.807) is 6.92 Å². The van der Waals surface area contributed by atoms with Crippen LogP contribution in [0, 0.1) is 5.82 Å². The van der Waals surface area contributed by atoms with Crippen LogP contribution in [0.1, 0.15) is 30.1 Å². The van der Waals surface area contributed by atoms with Crippen molar-refractivity contribution in [3.63, 3.8) is 0 Å². The molecule has 0 bridgehead atoms. The van der Waals surface area contributed by atoms with Gasteiger partial charge in [0.2, 0.25) is 12.0 Å². The highest BCUT2D eigenvalue weighted by Gasteiger charge is 2.25. The first-order valence-corrected chi connectivity index (χ1v) is 5.02. The number of carbonyl (C=O) groups is 2. The van der Waals surface area contributed by atoms with Crippen LogP contribution in [0.25, 0.3) is 0 Å². The van der Waals surface area contributed by atoms with Crippen LogP contribution in [0.4, 0.5) is 8.78 Å². The second-order valence-corrected chi connectivity index (χ2v) is 3.45. The minimum absolute atomic E-state index is 0.0124. The zero-order chi connectivity index (χ0) is 12.1. The summed E-state index contributed by atoms with van der Waals surface area (Å²) in [5.41, 5.74) is 0.0124. The average molecular weight is 226 g/mol. The van der Waals surface area contributed by atoms with Crippen molar-refractivity contribution in [2.45, 2.75) is 25.9 Å². The molecule has 0 aliphatic rings. The number of benzene rings is 1. The van der Waals surface area contributed by atoms with Crippen LogP contribution < -0.4 is 0 Å². The molecular weight excluding hydrogens is 214 g/mol. The first-order chi connectivity index (χ1) is 7.56. The van der Waals surface area contributed by atoms with Crippen molar-refractivity contribution in [1.82, 2.24) is 0 Å². The van der Waals surface area contributed by atoms with Gasteiger partial charge in [0.15, 0.2) is 5.78 Å². The molecule has 16 heavy (non-hydrogen) atoms. The summed E-state index contributed by atoms with van der Waals surface area (Å²) in [5.74, 6) is -2.14. The molecule has 4 heteroatoms. The van der Waals surface area contributed by atoms with E-state index >= 15 is 0 Å². The van der Waals surface area contributed by atoms with Gasteiger partial charge in [-0.15, -0.1) is 0 Å². The van der Waals surface area contributed by atoms with Gasteiger partial charge in [0.25, 0.3) is 0 Å². The molecule has 0 saturated carbocycles. The molecule has 2 nitrogen and oxygen atoms in total. The van der Waals surface area contributed by atoms with Crippen LogP contribution in [-0.4, -0.2) is 17.7 Å². The van der Waals surface area contributed by atoms with E-state index in [9.17, 15) is 18.4 Å². The van der Waals surface area contributed by atoms with Gasteiger partial charge in [-0.05, 0) is 30.7 Å². The lowest BCUT2D eigenvalue weighted by Crippen LogP contribution is -2.25. The quantitative estimate of drug-likeness (QED) is 0.571. The molecule has 1 rings (SSSR count). The predicted octanol–water partition coefficient (Wildman–Crippen LogP) is 2.72. The average Bonchev–Trinajstić information content (AvgIpc) is 2.28. The van der Waals surface area contributed by atoms with E-state index in [2.05, 4.69) is 0 Å². The third-order valence-corrected chi connectivity index (χ3v) is 2.14. The smallest absolute Gasteiger partial charge is 0.220 e. The molecule has 0 amide bonds. The molecule has 86 valence electrons. The number of halogens is 2. The van der Waals surface area contributed by atoms with E-state index in [0.717, 1.165) is 12.1 Å². The first-order valence-electron chi connectivity index (χ1n) is 5.02. The van der Waals surface area contributed by atoms with Gasteiger partial charge in [0, 0.05) is 12.0 Å². The minimum Gasteiger partial charge on any atom is -0.296 e. The summed E-state index contributed by atoms with van der Waals surface area (Å²) in [4.78, 5) is 22.6. The van der Waals surface area contributed by atoms with Gasteiger partial charge in [0.1, 0.15) is 5.82 Å². The summed E-state index contributed by atoms with van der Waals surface area (Å²) in [7, 11) is 0. The van der Waals surface area contributed by atoms with Gasteiger partial charge in [0.05, 0.1) is 0 Å². The molecule has 0 aliphatic heterocycles. The summed E-state index contributed by atoms with van der Waals surface area (Å²) < 4.78 is 25.9. The summed E-state index contributed by atoms with van der Waals surface area (Å²) in [6.07, 6.45) is -1.60. The van der Waals surface area contributed by atoms with Gasteiger partial charge in [-0.3, -0.25) is 9.59 Å². The summed E-state index contributed by atoms with van der Waals surface area (Å²) >= 11 is 0. The fourth-order valence-corrected chi connectivity index (χ4v) is 1.28. The van der Waals surface area contributed by atoms with Crippen molar-refractivity contribution in [3.8, 4) is 0 Å². The van der Waals surface area contributed by atoms with Gasteiger partial charge in [-0.25, -0.2) is 8.78 Å². The number of Topliss-reactive ketones (excluding diaryl/α,β-unsaturated/α-hetero) is 2. The van der Waals surface area contributed by atoms with Crippen molar-refractivity contribution in [1.29, 1.82) is 0 Å². The minimum atomic E-state index is -2.13. The summed E-state index contributed by atoms with van der Waals surface area (Å²) in [5, 5.41) is 0. The Morgan fingerprint density at radius 3 is 2.31 bits per heavy atom. The largest absolute Gasteiger partial charge is 0.296 e. The van der Waals surface area contributed by atoms with Crippen molar-refractivity contribution in [2.24, 2.45) is 0 Å². The monoisotopic (exact) mass is 226 g/mol. The Labute approximate surface area is 92.3 Å². The second kappa shape index (κ2) is 5.49. The highest BCUT2D eigenvalue weighted by Crippen LogP contribution is 2.10. The maximum Gasteiger partial charge on any atom is 0.220 e. The molecule has 1 aromatic rings. The van der Waals surface area contributed by atoms with Crippen LogP contribution in [0.2, 0.25) is 0 Å². The lowest BCUT2D eigenvalue weighted by Gasteiger charge is -2.05. The Kier molecular flexibility index (Phi) is 4.28. The number of alkyl halides is 1. The first kappa shape index (κ1) is 12.5. The van der Waals surface area contributed by atoms with Crippen molar-refractivity contribution >= 4 is 11.6 Å². The fraction of sp³-hybridized carbons (Fsp3) is 0.333. The van der Waals surface area contributed by atoms with E-state index in [0.29, 0.717) is 6.42 Å². The number of carbonyl (C=O) groups excluding carboxylic acids is 2. The highest BCUT2D eigenvalue weighted by molar-refractivity contribution is 6.13. The number of rotatable bonds is 5. The van der Waals surface area contributed by atoms with Crippen LogP contribution in [0.15, 0.2) is 24.3 Å². The molecule has 0 spiro atoms. The molecule has 0 fully saturated rings. The van der Waals surface area contributed by atoms with E-state index in [1.807, 2.05) is 0 Å². The normalized spacial score (nSPS) is 12.2. The molecule has 1 atom stereocenters. The maximum absolute atomic E-state index is 13.4. The van der Waals surface area contributed by atoms with E-state index in [1.165, 1.54) is 12.1 Å². The maximum atomic E-state index is 13.4. The van der Waals surface area contributed by atoms with Crippen LogP contribution in [0.3, 0.4) is 0 Å². The zero-order valence-electron chi connectivity index (χ0n) is 8.87. The summed E-state index contributed by atoms with van der Waals surface area (Å²) in [6, 6.07) is 4.46. The molecule has 0 radical (unpaired) electrons. The zero-order valence-corrected chi connectivity index (χ0v) is 8.87. The van der Waals surface area contributed by atoms with E-state index < -0.39 is 23.6 Å². The van der Waals surface area contributed by atoms with Crippen molar-refractivity contribution in [3.05, 3.63) is 35.6 Å². The Balaban J connectivity index is 2.78. The van der Waals surface area contributed by atoms with Gasteiger partial charge < -0.3 is 0 Å². The molecule has 0 heterocycles. The number of hydrogen-bond donors (Lipinski definition) is 0. The Morgan fingerprint density at radius 2 is 1.81 bits per heavy atom. The standard InChI is InChI=1S/C12H12F2O2/c1-2-3-10(15)11(14)12(16)8-4-6-9(13)7-5-8/h4-7,11H,2-3H2,1H3. The Bertz CT molecular complexity index is 385. The van der Waals surface area contributed by atoms with Crippen molar-refractivity contribution in [2.75, 3.05) is 0 Å². The second-order valence-electron chi connectivity index (χ2n) is 3.45. The SMILES string of the molecule is CCCC(=O)C(F)C(=O)c1ccc(F)cc1. The number of ketones is 2. The highest BCUT2D eigenvalue weighted by atomic mass is 19.1. The van der Waals surface area contributed by atoms with E-state index in [4.69, 9.17) is 0 Å². The third-order valence-electron chi connectivity index (χ3n) is 2.14. The van der Waals surface area contributed by atoms with Gasteiger partial charge in [-0.1, -0.05) is 6.92 Å². The molecule has 1 unspecified atom stereocenters. The lowest BCUT2D eigenvalue weighted by molar-refractivity contribution is -0.122. The van der Waals surface area contributed by atoms with Crippen LogP contribution in [-0.2, 0) is 4.79 Å². The molecule has 0 aromatic heterocycles. The van der Waals surface area contributed by atoms with E-state index in [-0.39, 0.29) is 12.0 Å². The van der Waals surface area contributed by atoms with Crippen LogP contribution in [0.5, 0.6) is 0 Å². The van der Waals surface area contributed by atoms with Crippen LogP contribution >= 0.6 is 0 Å². The van der Waals surface area contributed by atoms with Crippen molar-refractivity contribution < 1.29 is 18.4 Å². The summed E-state index contributed by atoms with van der Waals surface area (Å²) in [6.45, 7) is 1.73. The number of hydrogen-bond acceptors (Lipinski definition) is 2. The molecule has 1 aromatic carbocycles. The molecular formula is C12H12F2O2. The molecule has 0 aliphatic carbocycles. The van der Waals surface area contributed by atoms with Gasteiger partial charge in [-0.2, -0.15) is 0 Å². The molecule has 0 saturated heterocycles. The Morgan fingerprint density at radius 1 is 1.25 bits per heavy atom. The molecule has 0 N–H and O–H groups in total. The van der Waals surface area contributed by atoms with Gasteiger partial charge >= 0.3 is 0 Å². The third kappa shape index (κ3) is 2.95.